The van der Waals surface area contributed by atoms with Gasteiger partial charge in [-0.05, 0) is 6.92 Å². The van der Waals surface area contributed by atoms with Crippen molar-refractivity contribution in [2.45, 2.75) is 13.5 Å². The molecule has 1 aliphatic rings. The van der Waals surface area contributed by atoms with Crippen LogP contribution in [0, 0.1) is 18.3 Å². The normalized spacial score (nSPS) is 15.6. The van der Waals surface area contributed by atoms with Crippen LogP contribution in [0.15, 0.2) is 10.9 Å². The van der Waals surface area contributed by atoms with Gasteiger partial charge in [-0.2, -0.15) is 17.0 Å². The topological polar surface area (TPSA) is 61.9 Å². The van der Waals surface area contributed by atoms with Gasteiger partial charge in [-0.25, -0.2) is 4.98 Å². The highest BCUT2D eigenvalue weighted by Gasteiger charge is 2.17. The molecule has 0 saturated carbocycles. The van der Waals surface area contributed by atoms with Crippen LogP contribution in [0.2, 0.25) is 0 Å². The van der Waals surface area contributed by atoms with E-state index in [9.17, 15) is 4.79 Å². The highest BCUT2D eigenvalue weighted by atomic mass is 32.2. The van der Waals surface area contributed by atoms with E-state index >= 15 is 0 Å². The van der Waals surface area contributed by atoms with Gasteiger partial charge >= 0.3 is 0 Å². The summed E-state index contributed by atoms with van der Waals surface area (Å²) < 4.78 is 1.45. The summed E-state index contributed by atoms with van der Waals surface area (Å²) in [5, 5.41) is 8.78. The molecule has 1 saturated heterocycles. The molecule has 1 fully saturated rings. The van der Waals surface area contributed by atoms with Gasteiger partial charge in [0.1, 0.15) is 6.54 Å². The van der Waals surface area contributed by atoms with E-state index in [1.165, 1.54) is 10.6 Å². The van der Waals surface area contributed by atoms with E-state index in [2.05, 4.69) is 9.88 Å². The van der Waals surface area contributed by atoms with E-state index in [4.69, 9.17) is 5.26 Å². The van der Waals surface area contributed by atoms with Crippen molar-refractivity contribution in [3.05, 3.63) is 22.1 Å². The molecule has 2 rings (SSSR count). The average Bonchev–Trinajstić information content (AvgIpc) is 2.33. The first-order valence-electron chi connectivity index (χ1n) is 5.50. The Kier molecular flexibility index (Phi) is 3.69. The van der Waals surface area contributed by atoms with Gasteiger partial charge in [0.2, 0.25) is 5.95 Å². The first-order chi connectivity index (χ1) is 8.22. The number of hydrogen-bond acceptors (Lipinski definition) is 5. The fraction of sp³-hybridized carbons (Fsp3) is 0.545. The highest BCUT2D eigenvalue weighted by Crippen LogP contribution is 2.16. The summed E-state index contributed by atoms with van der Waals surface area (Å²) >= 11 is 1.90. The van der Waals surface area contributed by atoms with Gasteiger partial charge in [0.25, 0.3) is 5.56 Å². The third-order valence-electron chi connectivity index (χ3n) is 2.64. The molecular formula is C11H14N4OS. The van der Waals surface area contributed by atoms with Crippen molar-refractivity contribution in [2.24, 2.45) is 0 Å². The van der Waals surface area contributed by atoms with Crippen molar-refractivity contribution >= 4 is 17.7 Å². The molecule has 6 heteroatoms. The summed E-state index contributed by atoms with van der Waals surface area (Å²) in [6, 6.07) is 3.49. The van der Waals surface area contributed by atoms with E-state index in [0.717, 1.165) is 24.6 Å². The Morgan fingerprint density at radius 2 is 2.24 bits per heavy atom. The molecule has 0 aromatic carbocycles. The third kappa shape index (κ3) is 2.61. The van der Waals surface area contributed by atoms with Crippen LogP contribution in [0.3, 0.4) is 0 Å². The molecule has 0 N–H and O–H groups in total. The number of nitriles is 1. The lowest BCUT2D eigenvalue weighted by Gasteiger charge is -2.28. The maximum atomic E-state index is 11.8. The number of hydrogen-bond donors (Lipinski definition) is 0. The van der Waals surface area contributed by atoms with Crippen molar-refractivity contribution < 1.29 is 0 Å². The Labute approximate surface area is 104 Å². The molecule has 1 aromatic heterocycles. The van der Waals surface area contributed by atoms with Crippen molar-refractivity contribution in [2.75, 3.05) is 29.5 Å². The molecule has 2 heterocycles. The Hall–Kier alpha value is -1.48. The second-order valence-electron chi connectivity index (χ2n) is 3.88. The number of aryl methyl sites for hydroxylation is 1. The summed E-state index contributed by atoms with van der Waals surface area (Å²) in [6.07, 6.45) is 0. The van der Waals surface area contributed by atoms with Crippen LogP contribution in [0.1, 0.15) is 5.69 Å². The van der Waals surface area contributed by atoms with Crippen LogP contribution in [0.5, 0.6) is 0 Å². The third-order valence-corrected chi connectivity index (χ3v) is 3.58. The predicted octanol–water partition coefficient (Wildman–Crippen LogP) is 0.629. The Morgan fingerprint density at radius 3 is 2.88 bits per heavy atom. The van der Waals surface area contributed by atoms with Crippen molar-refractivity contribution in [3.8, 4) is 6.07 Å². The molecule has 0 amide bonds. The summed E-state index contributed by atoms with van der Waals surface area (Å²) in [5.74, 6) is 2.71. The summed E-state index contributed by atoms with van der Waals surface area (Å²) in [7, 11) is 0. The monoisotopic (exact) mass is 250 g/mol. The number of thioether (sulfide) groups is 1. The minimum absolute atomic E-state index is 0.0606. The molecule has 5 nitrogen and oxygen atoms in total. The first-order valence-corrected chi connectivity index (χ1v) is 6.66. The molecule has 1 aliphatic heterocycles. The van der Waals surface area contributed by atoms with Gasteiger partial charge in [0.05, 0.1) is 6.07 Å². The smallest absolute Gasteiger partial charge is 0.256 e. The van der Waals surface area contributed by atoms with Gasteiger partial charge in [-0.3, -0.25) is 9.36 Å². The van der Waals surface area contributed by atoms with Crippen LogP contribution in [-0.2, 0) is 6.54 Å². The number of aromatic nitrogens is 2. The first kappa shape index (κ1) is 12.0. The lowest BCUT2D eigenvalue weighted by Crippen LogP contribution is -2.38. The Bertz CT molecular complexity index is 499. The molecule has 0 atom stereocenters. The van der Waals surface area contributed by atoms with E-state index in [-0.39, 0.29) is 12.1 Å². The minimum atomic E-state index is -0.146. The zero-order valence-corrected chi connectivity index (χ0v) is 10.5. The van der Waals surface area contributed by atoms with E-state index in [0.29, 0.717) is 11.6 Å². The van der Waals surface area contributed by atoms with Crippen LogP contribution in [0.25, 0.3) is 0 Å². The second-order valence-corrected chi connectivity index (χ2v) is 5.10. The summed E-state index contributed by atoms with van der Waals surface area (Å²) in [4.78, 5) is 18.3. The van der Waals surface area contributed by atoms with Crippen LogP contribution in [-0.4, -0.2) is 34.1 Å². The Morgan fingerprint density at radius 1 is 1.53 bits per heavy atom. The molecule has 0 radical (unpaired) electrons. The van der Waals surface area contributed by atoms with Crippen molar-refractivity contribution in [1.82, 2.24) is 9.55 Å². The fourth-order valence-electron chi connectivity index (χ4n) is 1.83. The van der Waals surface area contributed by atoms with E-state index < -0.39 is 0 Å². The number of rotatable bonds is 2. The zero-order chi connectivity index (χ0) is 12.3. The highest BCUT2D eigenvalue weighted by molar-refractivity contribution is 7.99. The molecule has 0 bridgehead atoms. The molecule has 17 heavy (non-hydrogen) atoms. The lowest BCUT2D eigenvalue weighted by molar-refractivity contribution is 0.697. The van der Waals surface area contributed by atoms with Gasteiger partial charge in [-0.15, -0.1) is 0 Å². The van der Waals surface area contributed by atoms with Crippen LogP contribution >= 0.6 is 11.8 Å². The van der Waals surface area contributed by atoms with Crippen molar-refractivity contribution in [1.29, 1.82) is 5.26 Å². The molecule has 0 spiro atoms. The molecular weight excluding hydrogens is 236 g/mol. The van der Waals surface area contributed by atoms with E-state index in [1.54, 1.807) is 6.92 Å². The lowest BCUT2D eigenvalue weighted by atomic mass is 10.4. The maximum Gasteiger partial charge on any atom is 0.256 e. The van der Waals surface area contributed by atoms with Gasteiger partial charge in [-0.1, -0.05) is 0 Å². The molecule has 1 aromatic rings. The average molecular weight is 250 g/mol. The standard InChI is InChI=1S/C11H14N4OS/c1-9-8-10(16)15(3-2-12)11(13-9)14-4-6-17-7-5-14/h8H,3-7H2,1H3. The van der Waals surface area contributed by atoms with Crippen LogP contribution in [0.4, 0.5) is 5.95 Å². The Balaban J connectivity index is 2.43. The predicted molar refractivity (Wildman–Crippen MR) is 68.4 cm³/mol. The van der Waals surface area contributed by atoms with Crippen molar-refractivity contribution in [3.63, 3.8) is 0 Å². The largest absolute Gasteiger partial charge is 0.340 e. The fourth-order valence-corrected chi connectivity index (χ4v) is 2.73. The van der Waals surface area contributed by atoms with Gasteiger partial charge in [0.15, 0.2) is 0 Å². The maximum absolute atomic E-state index is 11.8. The molecule has 0 aliphatic carbocycles. The summed E-state index contributed by atoms with van der Waals surface area (Å²) in [6.45, 7) is 3.63. The minimum Gasteiger partial charge on any atom is -0.340 e. The van der Waals surface area contributed by atoms with Crippen LogP contribution < -0.4 is 10.5 Å². The molecule has 0 unspecified atom stereocenters. The number of anilines is 1. The zero-order valence-electron chi connectivity index (χ0n) is 9.72. The summed E-state index contributed by atoms with van der Waals surface area (Å²) in [5.41, 5.74) is 0.560. The SMILES string of the molecule is Cc1cc(=O)n(CC#N)c(N2CCSCC2)n1. The number of nitrogens with zero attached hydrogens (tertiary/aromatic N) is 4. The van der Waals surface area contributed by atoms with Gasteiger partial charge in [0, 0.05) is 36.4 Å². The molecule has 90 valence electrons. The van der Waals surface area contributed by atoms with Gasteiger partial charge < -0.3 is 4.90 Å². The second kappa shape index (κ2) is 5.23. The quantitative estimate of drug-likeness (QED) is 0.770. The van der Waals surface area contributed by atoms with E-state index in [1.807, 2.05) is 17.8 Å².